The van der Waals surface area contributed by atoms with E-state index >= 15 is 0 Å². The molecule has 0 bridgehead atoms. The number of hydrogen-bond donors (Lipinski definition) is 0. The number of hydrogen-bond acceptors (Lipinski definition) is 2. The fourth-order valence-corrected chi connectivity index (χ4v) is 4.03. The van der Waals surface area contributed by atoms with Crippen LogP contribution in [0.4, 0.5) is 0 Å². The predicted molar refractivity (Wildman–Crippen MR) is 81.1 cm³/mol. The third-order valence-electron chi connectivity index (χ3n) is 2.98. The fourth-order valence-electron chi connectivity index (χ4n) is 2.10. The Morgan fingerprint density at radius 1 is 1.00 bits per heavy atom. The standard InChI is InChI=1S/C16H26O2S/c1-12(2)10-16(11-13(3)4)19(17,18)15-8-6-14(5)7-9-15/h6-9,12-13,16H,10-11H2,1-5H3/i16D. The Labute approximate surface area is 119 Å². The van der Waals surface area contributed by atoms with Crippen molar-refractivity contribution in [3.8, 4) is 0 Å². The van der Waals surface area contributed by atoms with Crippen LogP contribution in [0.1, 0.15) is 47.5 Å². The maximum absolute atomic E-state index is 12.8. The molecule has 1 aromatic rings. The van der Waals surface area contributed by atoms with Gasteiger partial charge in [0.15, 0.2) is 9.84 Å². The highest BCUT2D eigenvalue weighted by molar-refractivity contribution is 7.92. The monoisotopic (exact) mass is 283 g/mol. The highest BCUT2D eigenvalue weighted by Gasteiger charge is 2.28. The molecule has 0 aromatic heterocycles. The molecule has 0 aliphatic heterocycles. The number of aryl methyl sites for hydroxylation is 1. The van der Waals surface area contributed by atoms with E-state index in [2.05, 4.69) is 0 Å². The van der Waals surface area contributed by atoms with Crippen molar-refractivity contribution >= 4 is 9.84 Å². The molecular formula is C16H26O2S. The smallest absolute Gasteiger partial charge is 0.181 e. The van der Waals surface area contributed by atoms with Crippen LogP contribution in [0.2, 0.25) is 0 Å². The SMILES string of the molecule is [2H]C(CC(C)C)(CC(C)C)S(=O)(=O)c1ccc(C)cc1. The quantitative estimate of drug-likeness (QED) is 0.783. The molecule has 0 aliphatic carbocycles. The Balaban J connectivity index is 3.27. The Kier molecular flexibility index (Phi) is 5.03. The number of benzene rings is 1. The summed E-state index contributed by atoms with van der Waals surface area (Å²) in [6.45, 7) is 9.79. The highest BCUT2D eigenvalue weighted by Crippen LogP contribution is 2.26. The van der Waals surface area contributed by atoms with Gasteiger partial charge in [-0.1, -0.05) is 45.4 Å². The molecule has 0 spiro atoms. The van der Waals surface area contributed by atoms with Gasteiger partial charge in [0.1, 0.15) is 0 Å². The molecule has 0 fully saturated rings. The molecule has 0 radical (unpaired) electrons. The summed E-state index contributed by atoms with van der Waals surface area (Å²) in [5.41, 5.74) is 1.02. The first-order chi connectivity index (χ1) is 9.08. The zero-order valence-electron chi connectivity index (χ0n) is 13.6. The minimum atomic E-state index is -3.64. The second kappa shape index (κ2) is 6.56. The molecule has 0 N–H and O–H groups in total. The predicted octanol–water partition coefficient (Wildman–Crippen LogP) is 4.23. The molecule has 108 valence electrons. The molecule has 0 saturated heterocycles. The van der Waals surface area contributed by atoms with Gasteiger partial charge in [-0.2, -0.15) is 0 Å². The summed E-state index contributed by atoms with van der Waals surface area (Å²) in [7, 11) is -3.64. The highest BCUT2D eigenvalue weighted by atomic mass is 32.2. The van der Waals surface area contributed by atoms with Crippen molar-refractivity contribution in [1.29, 1.82) is 0 Å². The first-order valence-corrected chi connectivity index (χ1v) is 8.38. The van der Waals surface area contributed by atoms with Crippen LogP contribution in [0.5, 0.6) is 0 Å². The fraction of sp³-hybridized carbons (Fsp3) is 0.625. The lowest BCUT2D eigenvalue weighted by Gasteiger charge is -2.21. The molecule has 2 nitrogen and oxygen atoms in total. The molecule has 0 atom stereocenters. The molecule has 0 aliphatic rings. The minimum absolute atomic E-state index is 0.173. The van der Waals surface area contributed by atoms with E-state index in [-0.39, 0.29) is 16.7 Å². The lowest BCUT2D eigenvalue weighted by Crippen LogP contribution is -2.25. The van der Waals surface area contributed by atoms with Crippen LogP contribution >= 0.6 is 0 Å². The van der Waals surface area contributed by atoms with Gasteiger partial charge in [-0.3, -0.25) is 0 Å². The van der Waals surface area contributed by atoms with Crippen LogP contribution in [0.15, 0.2) is 29.2 Å². The van der Waals surface area contributed by atoms with Crippen molar-refractivity contribution in [3.05, 3.63) is 29.8 Å². The summed E-state index contributed by atoms with van der Waals surface area (Å²) in [4.78, 5) is 0.263. The van der Waals surface area contributed by atoms with Crippen LogP contribution in [0.3, 0.4) is 0 Å². The van der Waals surface area contributed by atoms with Gasteiger partial charge in [-0.05, 0) is 43.7 Å². The van der Waals surface area contributed by atoms with Gasteiger partial charge in [0.05, 0.1) is 10.1 Å². The minimum Gasteiger partial charge on any atom is -0.223 e. The Hall–Kier alpha value is -0.830. The van der Waals surface area contributed by atoms with Crippen molar-refractivity contribution in [2.45, 2.75) is 57.6 Å². The molecule has 0 unspecified atom stereocenters. The van der Waals surface area contributed by atoms with Crippen LogP contribution in [0.25, 0.3) is 0 Å². The summed E-state index contributed by atoms with van der Waals surface area (Å²) in [6.07, 6.45) is 0.725. The van der Waals surface area contributed by atoms with Crippen LogP contribution < -0.4 is 0 Å². The van der Waals surface area contributed by atoms with E-state index in [4.69, 9.17) is 1.37 Å². The van der Waals surface area contributed by atoms with E-state index in [0.717, 1.165) is 5.56 Å². The third-order valence-corrected chi connectivity index (χ3v) is 4.97. The Morgan fingerprint density at radius 2 is 1.42 bits per heavy atom. The van der Waals surface area contributed by atoms with Crippen molar-refractivity contribution in [2.24, 2.45) is 11.8 Å². The van der Waals surface area contributed by atoms with Crippen LogP contribution in [-0.4, -0.2) is 13.6 Å². The second-order valence-electron chi connectivity index (χ2n) is 6.05. The summed E-state index contributed by atoms with van der Waals surface area (Å²) >= 11 is 0. The average molecular weight is 283 g/mol. The summed E-state index contributed by atoms with van der Waals surface area (Å²) < 4.78 is 34.3. The molecule has 1 aromatic carbocycles. The maximum Gasteiger partial charge on any atom is 0.181 e. The van der Waals surface area contributed by atoms with E-state index < -0.39 is 15.1 Å². The zero-order valence-corrected chi connectivity index (χ0v) is 13.4. The second-order valence-corrected chi connectivity index (χ2v) is 8.11. The van der Waals surface area contributed by atoms with Gasteiger partial charge >= 0.3 is 0 Å². The van der Waals surface area contributed by atoms with Crippen molar-refractivity contribution in [2.75, 3.05) is 0 Å². The summed E-state index contributed by atoms with van der Waals surface area (Å²) in [6, 6.07) is 6.82. The maximum atomic E-state index is 12.8. The van der Waals surface area contributed by atoms with E-state index in [1.54, 1.807) is 24.3 Å². The lowest BCUT2D eigenvalue weighted by molar-refractivity contribution is 0.465. The Bertz CT molecular complexity index is 520. The Morgan fingerprint density at radius 3 is 1.79 bits per heavy atom. The number of sulfone groups is 1. The topological polar surface area (TPSA) is 34.1 Å². The van der Waals surface area contributed by atoms with Crippen molar-refractivity contribution in [1.82, 2.24) is 0 Å². The molecule has 0 saturated carbocycles. The molecule has 19 heavy (non-hydrogen) atoms. The molecule has 0 amide bonds. The van der Waals surface area contributed by atoms with E-state index in [1.165, 1.54) is 0 Å². The molecular weight excluding hydrogens is 256 g/mol. The van der Waals surface area contributed by atoms with Crippen LogP contribution in [-0.2, 0) is 9.84 Å². The van der Waals surface area contributed by atoms with E-state index in [9.17, 15) is 8.42 Å². The number of rotatable bonds is 6. The van der Waals surface area contributed by atoms with Crippen molar-refractivity contribution in [3.63, 3.8) is 0 Å². The van der Waals surface area contributed by atoms with E-state index in [0.29, 0.717) is 12.8 Å². The largest absolute Gasteiger partial charge is 0.223 e. The first kappa shape index (κ1) is 14.6. The summed E-state index contributed by atoms with van der Waals surface area (Å²) in [5, 5.41) is -1.44. The molecule has 1 rings (SSSR count). The van der Waals surface area contributed by atoms with Gasteiger partial charge in [0.25, 0.3) is 0 Å². The zero-order chi connectivity index (χ0) is 15.6. The van der Waals surface area contributed by atoms with E-state index in [1.807, 2.05) is 34.6 Å². The van der Waals surface area contributed by atoms with Gasteiger partial charge < -0.3 is 0 Å². The normalized spacial score (nSPS) is 13.9. The molecule has 3 heteroatoms. The lowest BCUT2D eigenvalue weighted by atomic mass is 10.0. The van der Waals surface area contributed by atoms with Crippen LogP contribution in [0, 0.1) is 18.8 Å². The van der Waals surface area contributed by atoms with Crippen molar-refractivity contribution < 1.29 is 9.79 Å². The summed E-state index contributed by atoms with van der Waals surface area (Å²) in [5.74, 6) is 0.345. The first-order valence-electron chi connectivity index (χ1n) is 7.40. The molecule has 0 heterocycles. The average Bonchev–Trinajstić information content (AvgIpc) is 2.26. The van der Waals surface area contributed by atoms with Gasteiger partial charge in [-0.25, -0.2) is 8.42 Å². The van der Waals surface area contributed by atoms with Gasteiger partial charge in [-0.15, -0.1) is 0 Å². The third kappa shape index (κ3) is 4.64. The van der Waals surface area contributed by atoms with Gasteiger partial charge in [0.2, 0.25) is 0 Å². The van der Waals surface area contributed by atoms with Gasteiger partial charge in [0, 0.05) is 1.37 Å².